The molecule has 0 saturated heterocycles. The normalized spacial score (nSPS) is 21.9. The minimum Gasteiger partial charge on any atom is -0.0653 e. The molecule has 0 nitrogen and oxygen atoms in total. The second-order valence-corrected chi connectivity index (χ2v) is 4.61. The number of rotatable bonds is 3. The van der Waals surface area contributed by atoms with Crippen LogP contribution in [-0.4, -0.2) is 0 Å². The SMILES string of the molecule is [2H]/C(=C1/CC1Cc1ccccc1)c1ccccc1. The van der Waals surface area contributed by atoms with E-state index in [1.165, 1.54) is 11.1 Å². The van der Waals surface area contributed by atoms with Crippen LogP contribution < -0.4 is 0 Å². The predicted molar refractivity (Wildman–Crippen MR) is 72.7 cm³/mol. The van der Waals surface area contributed by atoms with Gasteiger partial charge in [0.2, 0.25) is 0 Å². The van der Waals surface area contributed by atoms with Crippen molar-refractivity contribution < 1.29 is 1.37 Å². The molecule has 1 saturated carbocycles. The summed E-state index contributed by atoms with van der Waals surface area (Å²) in [6.07, 6.45) is 2.16. The third kappa shape index (κ3) is 2.65. The van der Waals surface area contributed by atoms with Crippen molar-refractivity contribution in [2.24, 2.45) is 5.92 Å². The van der Waals surface area contributed by atoms with Crippen LogP contribution in [0.5, 0.6) is 0 Å². The van der Waals surface area contributed by atoms with E-state index in [2.05, 4.69) is 24.3 Å². The molecule has 3 rings (SSSR count). The van der Waals surface area contributed by atoms with Crippen LogP contribution in [0.1, 0.15) is 18.9 Å². The maximum absolute atomic E-state index is 8.21. The topological polar surface area (TPSA) is 0 Å². The Morgan fingerprint density at radius 2 is 1.65 bits per heavy atom. The molecule has 1 unspecified atom stereocenters. The van der Waals surface area contributed by atoms with Gasteiger partial charge in [-0.25, -0.2) is 0 Å². The molecule has 1 aliphatic carbocycles. The molecule has 2 aromatic carbocycles. The van der Waals surface area contributed by atoms with Crippen LogP contribution in [0, 0.1) is 5.92 Å². The first-order valence-electron chi connectivity index (χ1n) is 6.63. The van der Waals surface area contributed by atoms with Gasteiger partial charge in [0.1, 0.15) is 0 Å². The van der Waals surface area contributed by atoms with E-state index in [-0.39, 0.29) is 0 Å². The molecule has 0 N–H and O–H groups in total. The fraction of sp³-hybridized carbons (Fsp3) is 0.176. The smallest absolute Gasteiger partial charge is 0.0629 e. The molecule has 0 radical (unpaired) electrons. The Morgan fingerprint density at radius 1 is 1.00 bits per heavy atom. The maximum atomic E-state index is 8.21. The Hall–Kier alpha value is -1.82. The number of hydrogen-bond donors (Lipinski definition) is 0. The molecule has 0 aliphatic heterocycles. The molecule has 84 valence electrons. The van der Waals surface area contributed by atoms with Crippen LogP contribution in [0.4, 0.5) is 0 Å². The summed E-state index contributed by atoms with van der Waals surface area (Å²) in [6.45, 7) is 0. The van der Waals surface area contributed by atoms with Crippen molar-refractivity contribution in [2.45, 2.75) is 12.8 Å². The zero-order chi connectivity index (χ0) is 12.4. The molecule has 1 fully saturated rings. The first-order chi connectivity index (χ1) is 8.84. The summed E-state index contributed by atoms with van der Waals surface area (Å²) < 4.78 is 8.21. The van der Waals surface area contributed by atoms with E-state index in [1.54, 1.807) is 0 Å². The summed E-state index contributed by atoms with van der Waals surface area (Å²) >= 11 is 0. The lowest BCUT2D eigenvalue weighted by Gasteiger charge is -1.96. The molecule has 0 spiro atoms. The summed E-state index contributed by atoms with van der Waals surface area (Å²) in [4.78, 5) is 0. The van der Waals surface area contributed by atoms with Gasteiger partial charge in [0.15, 0.2) is 0 Å². The Balaban J connectivity index is 1.74. The number of benzene rings is 2. The van der Waals surface area contributed by atoms with Crippen molar-refractivity contribution in [3.63, 3.8) is 0 Å². The minimum absolute atomic E-state index is 0.583. The number of hydrogen-bond acceptors (Lipinski definition) is 0. The van der Waals surface area contributed by atoms with E-state index in [1.807, 2.05) is 36.4 Å². The van der Waals surface area contributed by atoms with Gasteiger partial charge in [-0.2, -0.15) is 0 Å². The van der Waals surface area contributed by atoms with Gasteiger partial charge in [-0.3, -0.25) is 0 Å². The van der Waals surface area contributed by atoms with Crippen LogP contribution in [0.15, 0.2) is 66.2 Å². The van der Waals surface area contributed by atoms with E-state index in [0.717, 1.165) is 24.5 Å². The van der Waals surface area contributed by atoms with E-state index in [9.17, 15) is 0 Å². The Morgan fingerprint density at radius 3 is 2.35 bits per heavy atom. The first-order valence-corrected chi connectivity index (χ1v) is 6.13. The van der Waals surface area contributed by atoms with Crippen molar-refractivity contribution in [3.8, 4) is 0 Å². The van der Waals surface area contributed by atoms with E-state index in [4.69, 9.17) is 1.37 Å². The molecule has 1 aliphatic rings. The van der Waals surface area contributed by atoms with Crippen LogP contribution in [-0.2, 0) is 6.42 Å². The Kier molecular flexibility index (Phi) is 2.49. The average Bonchev–Trinajstić information content (AvgIpc) is 3.19. The monoisotopic (exact) mass is 221 g/mol. The Labute approximate surface area is 104 Å². The third-order valence-corrected chi connectivity index (χ3v) is 3.20. The Bertz CT molecular complexity index is 555. The lowest BCUT2D eigenvalue weighted by molar-refractivity contribution is 0.862. The van der Waals surface area contributed by atoms with Crippen molar-refractivity contribution >= 4 is 6.05 Å². The molecule has 2 aromatic rings. The van der Waals surface area contributed by atoms with Gasteiger partial charge in [-0.1, -0.05) is 72.3 Å². The maximum Gasteiger partial charge on any atom is 0.0629 e. The second kappa shape index (κ2) is 4.58. The fourth-order valence-corrected chi connectivity index (χ4v) is 2.16. The fourth-order valence-electron chi connectivity index (χ4n) is 2.16. The minimum atomic E-state index is 0.583. The summed E-state index contributed by atoms with van der Waals surface area (Å²) in [5.74, 6) is 0.583. The molecule has 1 atom stereocenters. The predicted octanol–water partition coefficient (Wildman–Crippen LogP) is 4.33. The lowest BCUT2D eigenvalue weighted by Crippen LogP contribution is -1.85. The molecule has 0 heteroatoms. The highest BCUT2D eigenvalue weighted by Crippen LogP contribution is 2.41. The molecule has 0 heterocycles. The van der Waals surface area contributed by atoms with Crippen molar-refractivity contribution in [3.05, 3.63) is 77.4 Å². The standard InChI is InChI=1S/C17H16/c1-3-7-14(8-4-1)11-16-13-17(16)12-15-9-5-2-6-10-15/h1-11,17H,12-13H2/b16-11+/i11D. The van der Waals surface area contributed by atoms with Crippen LogP contribution in [0.2, 0.25) is 0 Å². The second-order valence-electron chi connectivity index (χ2n) is 4.61. The van der Waals surface area contributed by atoms with Gasteiger partial charge in [0, 0.05) is 0 Å². The van der Waals surface area contributed by atoms with Crippen molar-refractivity contribution in [1.29, 1.82) is 0 Å². The van der Waals surface area contributed by atoms with Gasteiger partial charge in [-0.05, 0) is 29.9 Å². The average molecular weight is 221 g/mol. The molecular weight excluding hydrogens is 204 g/mol. The molecule has 0 amide bonds. The molecule has 0 aromatic heterocycles. The van der Waals surface area contributed by atoms with Crippen LogP contribution in [0.25, 0.3) is 6.05 Å². The van der Waals surface area contributed by atoms with Gasteiger partial charge in [-0.15, -0.1) is 0 Å². The van der Waals surface area contributed by atoms with Crippen LogP contribution >= 0.6 is 0 Å². The lowest BCUT2D eigenvalue weighted by atomic mass is 10.1. The van der Waals surface area contributed by atoms with E-state index < -0.39 is 0 Å². The van der Waals surface area contributed by atoms with Gasteiger partial charge in [0.25, 0.3) is 0 Å². The highest BCUT2D eigenvalue weighted by Gasteiger charge is 2.28. The highest BCUT2D eigenvalue weighted by atomic mass is 14.3. The highest BCUT2D eigenvalue weighted by molar-refractivity contribution is 5.57. The largest absolute Gasteiger partial charge is 0.0653 e. The summed E-state index contributed by atoms with van der Waals surface area (Å²) in [7, 11) is 0. The van der Waals surface area contributed by atoms with Crippen molar-refractivity contribution in [1.82, 2.24) is 0 Å². The van der Waals surface area contributed by atoms with Gasteiger partial charge >= 0.3 is 0 Å². The summed E-state index contributed by atoms with van der Waals surface area (Å²) in [5.41, 5.74) is 3.73. The van der Waals surface area contributed by atoms with E-state index >= 15 is 0 Å². The van der Waals surface area contributed by atoms with Crippen molar-refractivity contribution in [2.75, 3.05) is 0 Å². The third-order valence-electron chi connectivity index (χ3n) is 3.20. The number of allylic oxidation sites excluding steroid dienone is 1. The molecule has 0 bridgehead atoms. The zero-order valence-corrected chi connectivity index (χ0v) is 9.77. The first kappa shape index (κ1) is 9.23. The molecule has 17 heavy (non-hydrogen) atoms. The van der Waals surface area contributed by atoms with E-state index in [0.29, 0.717) is 5.92 Å². The summed E-state index contributed by atoms with van der Waals surface area (Å²) in [5, 5.41) is 0. The van der Waals surface area contributed by atoms with Gasteiger partial charge < -0.3 is 0 Å². The van der Waals surface area contributed by atoms with Crippen LogP contribution in [0.3, 0.4) is 0 Å². The summed E-state index contributed by atoms with van der Waals surface area (Å²) in [6, 6.07) is 21.3. The zero-order valence-electron chi connectivity index (χ0n) is 10.8. The van der Waals surface area contributed by atoms with Gasteiger partial charge in [0.05, 0.1) is 1.37 Å². The molecular formula is C17H16. The quantitative estimate of drug-likeness (QED) is 0.723.